The van der Waals surface area contributed by atoms with E-state index in [4.69, 9.17) is 14.2 Å². The minimum atomic E-state index is -0.270. The first-order valence-corrected chi connectivity index (χ1v) is 10.4. The number of benzene rings is 1. The van der Waals surface area contributed by atoms with Crippen LogP contribution in [0, 0.1) is 0 Å². The molecule has 1 aliphatic heterocycles. The van der Waals surface area contributed by atoms with Crippen LogP contribution in [0.3, 0.4) is 0 Å². The second-order valence-electron chi connectivity index (χ2n) is 6.93. The van der Waals surface area contributed by atoms with E-state index >= 15 is 0 Å². The molecule has 2 heterocycles. The van der Waals surface area contributed by atoms with E-state index in [1.165, 1.54) is 11.3 Å². The van der Waals surface area contributed by atoms with Gasteiger partial charge in [0.25, 0.3) is 5.91 Å². The van der Waals surface area contributed by atoms with Crippen molar-refractivity contribution >= 4 is 28.3 Å². The maximum Gasteiger partial charge on any atom is 0.257 e. The summed E-state index contributed by atoms with van der Waals surface area (Å²) in [5, 5.41) is 6.32. The lowest BCUT2D eigenvalue weighted by molar-refractivity contribution is -0.123. The molecule has 2 aliphatic rings. The summed E-state index contributed by atoms with van der Waals surface area (Å²) in [5.41, 5.74) is 1.25. The van der Waals surface area contributed by atoms with Gasteiger partial charge < -0.3 is 19.5 Å². The van der Waals surface area contributed by atoms with Gasteiger partial charge in [-0.3, -0.25) is 14.9 Å². The largest absolute Gasteiger partial charge is 0.454 e. The summed E-state index contributed by atoms with van der Waals surface area (Å²) in [6, 6.07) is 5.06. The van der Waals surface area contributed by atoms with Crippen molar-refractivity contribution in [3.8, 4) is 11.5 Å². The number of nitrogens with zero attached hydrogens (tertiary/aromatic N) is 1. The van der Waals surface area contributed by atoms with Crippen molar-refractivity contribution in [3.63, 3.8) is 0 Å². The Morgan fingerprint density at radius 1 is 1.31 bits per heavy atom. The summed E-state index contributed by atoms with van der Waals surface area (Å²) in [7, 11) is 1.64. The molecule has 4 rings (SSSR count). The molecule has 2 N–H and O–H groups in total. The van der Waals surface area contributed by atoms with Gasteiger partial charge in [0, 0.05) is 30.7 Å². The average molecular weight is 417 g/mol. The number of ether oxygens (including phenoxy) is 3. The van der Waals surface area contributed by atoms with Crippen molar-refractivity contribution in [1.82, 2.24) is 10.3 Å². The lowest BCUT2D eigenvalue weighted by Crippen LogP contribution is -2.32. The maximum atomic E-state index is 12.6. The highest BCUT2D eigenvalue weighted by molar-refractivity contribution is 7.16. The van der Waals surface area contributed by atoms with Gasteiger partial charge in [0.05, 0.1) is 11.6 Å². The number of methoxy groups -OCH3 is 1. The number of fused-ring (bicyclic) bond motifs is 2. The zero-order valence-corrected chi connectivity index (χ0v) is 17.0. The van der Waals surface area contributed by atoms with Crippen molar-refractivity contribution < 1.29 is 23.8 Å². The number of amides is 2. The highest BCUT2D eigenvalue weighted by atomic mass is 32.1. The third-order valence-electron chi connectivity index (χ3n) is 4.95. The lowest BCUT2D eigenvalue weighted by Gasteiger charge is -2.20. The molecule has 1 unspecified atom stereocenters. The molecule has 154 valence electrons. The number of carbonyl (C=O) groups is 2. The summed E-state index contributed by atoms with van der Waals surface area (Å²) in [6.45, 7) is 1.35. The van der Waals surface area contributed by atoms with Crippen LogP contribution in [0.2, 0.25) is 0 Å². The fourth-order valence-electron chi connectivity index (χ4n) is 3.49. The number of aromatic nitrogens is 1. The van der Waals surface area contributed by atoms with E-state index in [0.29, 0.717) is 35.3 Å². The quantitative estimate of drug-likeness (QED) is 0.672. The summed E-state index contributed by atoms with van der Waals surface area (Å²) in [5.74, 6) is 0.636. The molecule has 0 saturated carbocycles. The summed E-state index contributed by atoms with van der Waals surface area (Å²) < 4.78 is 15.6. The van der Waals surface area contributed by atoms with Crippen LogP contribution in [0.25, 0.3) is 0 Å². The van der Waals surface area contributed by atoms with Crippen LogP contribution in [0.5, 0.6) is 11.5 Å². The molecular formula is C20H23N3O5S. The molecular weight excluding hydrogens is 394 g/mol. The van der Waals surface area contributed by atoms with Crippen LogP contribution in [0.1, 0.15) is 46.1 Å². The number of hydrogen-bond acceptors (Lipinski definition) is 7. The average Bonchev–Trinajstić information content (AvgIpc) is 3.36. The molecule has 29 heavy (non-hydrogen) atoms. The standard InChI is InChI=1S/C20H23N3O5S/c1-26-9-3-8-21-19(25)13-4-2-5-16-17(13)22-20(29-16)23-18(24)12-6-7-14-15(10-12)28-11-27-14/h6-7,10,13H,2-5,8-9,11H2,1H3,(H,21,25)(H,22,23,24). The Morgan fingerprint density at radius 2 is 2.17 bits per heavy atom. The molecule has 1 aromatic heterocycles. The predicted octanol–water partition coefficient (Wildman–Crippen LogP) is 2.70. The van der Waals surface area contributed by atoms with Gasteiger partial charge in [0.15, 0.2) is 16.6 Å². The number of thiazole rings is 1. The summed E-state index contributed by atoms with van der Waals surface area (Å²) >= 11 is 1.44. The van der Waals surface area contributed by atoms with Crippen LogP contribution >= 0.6 is 11.3 Å². The van der Waals surface area contributed by atoms with Gasteiger partial charge in [0.1, 0.15) is 0 Å². The second kappa shape index (κ2) is 8.79. The Hall–Kier alpha value is -2.65. The van der Waals surface area contributed by atoms with Gasteiger partial charge in [-0.15, -0.1) is 11.3 Å². The molecule has 1 aliphatic carbocycles. The number of nitrogens with one attached hydrogen (secondary N) is 2. The highest BCUT2D eigenvalue weighted by Crippen LogP contribution is 2.37. The fraction of sp³-hybridized carbons (Fsp3) is 0.450. The second-order valence-corrected chi connectivity index (χ2v) is 8.02. The normalized spacial score (nSPS) is 16.9. The number of hydrogen-bond donors (Lipinski definition) is 2. The van der Waals surface area contributed by atoms with E-state index in [-0.39, 0.29) is 24.5 Å². The number of anilines is 1. The Bertz CT molecular complexity index is 914. The summed E-state index contributed by atoms with van der Waals surface area (Å²) in [6.07, 6.45) is 3.35. The van der Waals surface area contributed by atoms with E-state index in [1.807, 2.05) is 0 Å². The SMILES string of the molecule is COCCCNC(=O)C1CCCc2sc(NC(=O)c3ccc4c(c3)OCO4)nc21. The molecule has 9 heteroatoms. The third kappa shape index (κ3) is 4.35. The van der Waals surface area contributed by atoms with E-state index in [1.54, 1.807) is 25.3 Å². The Balaban J connectivity index is 1.43. The van der Waals surface area contributed by atoms with Gasteiger partial charge in [-0.2, -0.15) is 0 Å². The molecule has 2 aromatic rings. The Labute approximate surface area is 172 Å². The number of carbonyl (C=O) groups excluding carboxylic acids is 2. The van der Waals surface area contributed by atoms with Crippen LogP contribution in [0.4, 0.5) is 5.13 Å². The minimum Gasteiger partial charge on any atom is -0.454 e. The zero-order valence-electron chi connectivity index (χ0n) is 16.2. The molecule has 8 nitrogen and oxygen atoms in total. The third-order valence-corrected chi connectivity index (χ3v) is 6.00. The maximum absolute atomic E-state index is 12.6. The highest BCUT2D eigenvalue weighted by Gasteiger charge is 2.30. The Morgan fingerprint density at radius 3 is 3.03 bits per heavy atom. The number of aryl methyl sites for hydroxylation is 1. The monoisotopic (exact) mass is 417 g/mol. The minimum absolute atomic E-state index is 0.0130. The van der Waals surface area contributed by atoms with E-state index in [2.05, 4.69) is 15.6 Å². The van der Waals surface area contributed by atoms with Crippen LogP contribution in [0.15, 0.2) is 18.2 Å². The summed E-state index contributed by atoms with van der Waals surface area (Å²) in [4.78, 5) is 30.8. The van der Waals surface area contributed by atoms with Crippen LogP contribution < -0.4 is 20.1 Å². The van der Waals surface area contributed by atoms with Gasteiger partial charge in [-0.1, -0.05) is 0 Å². The van der Waals surface area contributed by atoms with Crippen molar-refractivity contribution in [2.24, 2.45) is 0 Å². The first kappa shape index (κ1) is 19.7. The van der Waals surface area contributed by atoms with Crippen molar-refractivity contribution in [1.29, 1.82) is 0 Å². The first-order valence-electron chi connectivity index (χ1n) is 9.63. The molecule has 2 amide bonds. The van der Waals surface area contributed by atoms with Gasteiger partial charge >= 0.3 is 0 Å². The molecule has 0 fully saturated rings. The molecule has 1 atom stereocenters. The molecule has 1 aromatic carbocycles. The number of rotatable bonds is 7. The van der Waals surface area contributed by atoms with E-state index < -0.39 is 0 Å². The smallest absolute Gasteiger partial charge is 0.257 e. The molecule has 0 radical (unpaired) electrons. The van der Waals surface area contributed by atoms with Crippen LogP contribution in [-0.2, 0) is 16.0 Å². The first-order chi connectivity index (χ1) is 14.2. The van der Waals surface area contributed by atoms with Gasteiger partial charge in [-0.25, -0.2) is 4.98 Å². The van der Waals surface area contributed by atoms with E-state index in [9.17, 15) is 9.59 Å². The Kier molecular flexibility index (Phi) is 5.96. The topological polar surface area (TPSA) is 98.8 Å². The fourth-order valence-corrected chi connectivity index (χ4v) is 4.55. The van der Waals surface area contributed by atoms with Gasteiger partial charge in [0.2, 0.25) is 12.7 Å². The predicted molar refractivity (Wildman–Crippen MR) is 108 cm³/mol. The molecule has 0 saturated heterocycles. The zero-order chi connectivity index (χ0) is 20.2. The van der Waals surface area contributed by atoms with Crippen molar-refractivity contribution in [3.05, 3.63) is 34.3 Å². The van der Waals surface area contributed by atoms with Crippen molar-refractivity contribution in [2.45, 2.75) is 31.6 Å². The van der Waals surface area contributed by atoms with Crippen molar-refractivity contribution in [2.75, 3.05) is 32.4 Å². The van der Waals surface area contributed by atoms with Gasteiger partial charge in [-0.05, 0) is 43.9 Å². The van der Waals surface area contributed by atoms with E-state index in [0.717, 1.165) is 36.3 Å². The molecule has 0 spiro atoms. The lowest BCUT2D eigenvalue weighted by atomic mass is 9.90. The molecule has 0 bridgehead atoms. The van der Waals surface area contributed by atoms with Crippen LogP contribution in [-0.4, -0.2) is 43.9 Å².